The van der Waals surface area contributed by atoms with Crippen LogP contribution in [0.15, 0.2) is 22.9 Å². The highest BCUT2D eigenvalue weighted by atomic mass is 79.9. The van der Waals surface area contributed by atoms with Gasteiger partial charge in [-0.3, -0.25) is 0 Å². The molecule has 0 aromatic carbocycles. The molecule has 0 aliphatic heterocycles. The smallest absolute Gasteiger partial charge is 0.324 e. The summed E-state index contributed by atoms with van der Waals surface area (Å²) in [6.07, 6.45) is -3.62. The molecular weight excluding hydrogens is 308 g/mol. The molecule has 0 radical (unpaired) electrons. The largest absolute Gasteiger partial charge is 0.389 e. The van der Waals surface area contributed by atoms with Crippen LogP contribution in [0.2, 0.25) is 0 Å². The van der Waals surface area contributed by atoms with E-state index in [4.69, 9.17) is 5.73 Å². The Morgan fingerprint density at radius 3 is 2.56 bits per heavy atom. The summed E-state index contributed by atoms with van der Waals surface area (Å²) in [7, 11) is 0. The van der Waals surface area contributed by atoms with Gasteiger partial charge in [0.15, 0.2) is 0 Å². The molecule has 2 nitrogen and oxygen atoms in total. The maximum atomic E-state index is 11.9. The van der Waals surface area contributed by atoms with E-state index in [1.54, 1.807) is 12.1 Å². The lowest BCUT2D eigenvalue weighted by Crippen LogP contribution is -2.15. The second kappa shape index (κ2) is 6.42. The van der Waals surface area contributed by atoms with Gasteiger partial charge < -0.3 is 5.73 Å². The lowest BCUT2D eigenvalue weighted by molar-refractivity contribution is -0.136. The van der Waals surface area contributed by atoms with E-state index in [1.165, 1.54) is 6.20 Å². The van der Waals surface area contributed by atoms with E-state index in [9.17, 15) is 13.2 Å². The molecule has 92 valence electrons. The highest BCUT2D eigenvalue weighted by Crippen LogP contribution is 2.26. The SMILES string of the molecule is Cl.N[C@@H](CCC(F)(F)F)c1ccnc(Br)c1. The standard InChI is InChI=1S/C9H10BrF3N2.ClH/c10-8-5-6(2-4-15-8)7(14)1-3-9(11,12)13;/h2,4-5,7H,1,3,14H2;1H/t7-;/m0./s1. The summed E-state index contributed by atoms with van der Waals surface area (Å²) in [6, 6.07) is 2.64. The summed E-state index contributed by atoms with van der Waals surface area (Å²) < 4.78 is 36.4. The first kappa shape index (κ1) is 15.7. The van der Waals surface area contributed by atoms with Gasteiger partial charge >= 0.3 is 6.18 Å². The Morgan fingerprint density at radius 2 is 2.06 bits per heavy atom. The average Bonchev–Trinajstić information content (AvgIpc) is 2.13. The first-order valence-electron chi connectivity index (χ1n) is 4.32. The first-order chi connectivity index (χ1) is 6.88. The molecule has 0 aliphatic carbocycles. The summed E-state index contributed by atoms with van der Waals surface area (Å²) in [5, 5.41) is 0. The third kappa shape index (κ3) is 5.67. The first-order valence-corrected chi connectivity index (χ1v) is 5.11. The number of nitrogens with two attached hydrogens (primary N) is 1. The molecule has 0 fully saturated rings. The van der Waals surface area contributed by atoms with Gasteiger partial charge in [-0.05, 0) is 40.0 Å². The third-order valence-corrected chi connectivity index (χ3v) is 2.35. The zero-order valence-electron chi connectivity index (χ0n) is 8.17. The van der Waals surface area contributed by atoms with Crippen molar-refractivity contribution in [2.45, 2.75) is 25.1 Å². The number of rotatable bonds is 3. The predicted octanol–water partition coefficient (Wildman–Crippen LogP) is 3.61. The zero-order valence-corrected chi connectivity index (χ0v) is 10.6. The van der Waals surface area contributed by atoms with Gasteiger partial charge in [-0.25, -0.2) is 4.98 Å². The van der Waals surface area contributed by atoms with E-state index in [2.05, 4.69) is 20.9 Å². The van der Waals surface area contributed by atoms with Crippen molar-refractivity contribution in [3.63, 3.8) is 0 Å². The molecule has 1 atom stereocenters. The zero-order chi connectivity index (χ0) is 11.5. The average molecular weight is 320 g/mol. The van der Waals surface area contributed by atoms with Gasteiger partial charge in [-0.2, -0.15) is 13.2 Å². The van der Waals surface area contributed by atoms with E-state index < -0.39 is 18.6 Å². The van der Waals surface area contributed by atoms with E-state index in [1.807, 2.05) is 0 Å². The molecule has 0 amide bonds. The summed E-state index contributed by atoms with van der Waals surface area (Å²) >= 11 is 3.13. The molecule has 0 unspecified atom stereocenters. The van der Waals surface area contributed by atoms with E-state index >= 15 is 0 Å². The monoisotopic (exact) mass is 318 g/mol. The molecule has 2 N–H and O–H groups in total. The Morgan fingerprint density at radius 1 is 1.44 bits per heavy atom. The minimum absolute atomic E-state index is 0. The number of nitrogens with zero attached hydrogens (tertiary/aromatic N) is 1. The topological polar surface area (TPSA) is 38.9 Å². The normalized spacial score (nSPS) is 13.1. The highest BCUT2D eigenvalue weighted by molar-refractivity contribution is 9.10. The Bertz CT molecular complexity index is 333. The lowest BCUT2D eigenvalue weighted by Gasteiger charge is -2.13. The molecule has 1 aromatic heterocycles. The van der Waals surface area contributed by atoms with Crippen molar-refractivity contribution in [3.8, 4) is 0 Å². The molecular formula is C9H11BrClF3N2. The summed E-state index contributed by atoms with van der Waals surface area (Å²) in [5.41, 5.74) is 6.28. The Balaban J connectivity index is 0.00000225. The van der Waals surface area contributed by atoms with Crippen molar-refractivity contribution in [3.05, 3.63) is 28.5 Å². The molecule has 0 saturated carbocycles. The number of hydrogen-bond donors (Lipinski definition) is 1. The quantitative estimate of drug-likeness (QED) is 0.865. The van der Waals surface area contributed by atoms with E-state index in [0.29, 0.717) is 10.2 Å². The second-order valence-electron chi connectivity index (χ2n) is 3.17. The van der Waals surface area contributed by atoms with Crippen LogP contribution in [0.3, 0.4) is 0 Å². The maximum absolute atomic E-state index is 11.9. The van der Waals surface area contributed by atoms with Gasteiger partial charge in [0.1, 0.15) is 4.60 Å². The molecule has 0 spiro atoms. The van der Waals surface area contributed by atoms with Crippen molar-refractivity contribution < 1.29 is 13.2 Å². The van der Waals surface area contributed by atoms with Crippen LogP contribution >= 0.6 is 28.3 Å². The van der Waals surface area contributed by atoms with Crippen LogP contribution in [0.5, 0.6) is 0 Å². The van der Waals surface area contributed by atoms with Gasteiger partial charge in [-0.15, -0.1) is 12.4 Å². The van der Waals surface area contributed by atoms with Crippen molar-refractivity contribution in [1.29, 1.82) is 0 Å². The van der Waals surface area contributed by atoms with Crippen molar-refractivity contribution in [1.82, 2.24) is 4.98 Å². The summed E-state index contributed by atoms with van der Waals surface area (Å²) in [6.45, 7) is 0. The second-order valence-corrected chi connectivity index (χ2v) is 3.98. The molecule has 0 bridgehead atoms. The number of pyridine rings is 1. The Labute approximate surface area is 106 Å². The van der Waals surface area contributed by atoms with Crippen molar-refractivity contribution >= 4 is 28.3 Å². The van der Waals surface area contributed by atoms with Crippen molar-refractivity contribution in [2.24, 2.45) is 5.73 Å². The fraction of sp³-hybridized carbons (Fsp3) is 0.444. The fourth-order valence-corrected chi connectivity index (χ4v) is 1.52. The molecule has 1 rings (SSSR count). The number of alkyl halides is 3. The Hall–Kier alpha value is -0.330. The van der Waals surface area contributed by atoms with Gasteiger partial charge in [0.2, 0.25) is 0 Å². The van der Waals surface area contributed by atoms with Crippen LogP contribution in [0.1, 0.15) is 24.4 Å². The molecule has 0 saturated heterocycles. The lowest BCUT2D eigenvalue weighted by atomic mass is 10.0. The van der Waals surface area contributed by atoms with Crippen LogP contribution < -0.4 is 5.73 Å². The molecule has 1 heterocycles. The van der Waals surface area contributed by atoms with Crippen LogP contribution in [-0.4, -0.2) is 11.2 Å². The molecule has 7 heteroatoms. The molecule has 1 aromatic rings. The molecule has 0 aliphatic rings. The van der Waals surface area contributed by atoms with Crippen LogP contribution in [0, 0.1) is 0 Å². The fourth-order valence-electron chi connectivity index (χ4n) is 1.13. The van der Waals surface area contributed by atoms with Gasteiger partial charge in [0.05, 0.1) is 0 Å². The van der Waals surface area contributed by atoms with Crippen LogP contribution in [0.4, 0.5) is 13.2 Å². The van der Waals surface area contributed by atoms with Crippen LogP contribution in [0.25, 0.3) is 0 Å². The summed E-state index contributed by atoms with van der Waals surface area (Å²) in [5.74, 6) is 0. The maximum Gasteiger partial charge on any atom is 0.389 e. The van der Waals surface area contributed by atoms with Gasteiger partial charge in [0, 0.05) is 18.7 Å². The van der Waals surface area contributed by atoms with Gasteiger partial charge in [-0.1, -0.05) is 0 Å². The van der Waals surface area contributed by atoms with Gasteiger partial charge in [0.25, 0.3) is 0 Å². The summed E-state index contributed by atoms with van der Waals surface area (Å²) in [4.78, 5) is 3.87. The number of hydrogen-bond acceptors (Lipinski definition) is 2. The van der Waals surface area contributed by atoms with Crippen LogP contribution in [-0.2, 0) is 0 Å². The molecule has 16 heavy (non-hydrogen) atoms. The number of aromatic nitrogens is 1. The number of halogens is 5. The van der Waals surface area contributed by atoms with Crippen molar-refractivity contribution in [2.75, 3.05) is 0 Å². The van der Waals surface area contributed by atoms with E-state index in [0.717, 1.165) is 0 Å². The van der Waals surface area contributed by atoms with E-state index in [-0.39, 0.29) is 18.8 Å². The third-order valence-electron chi connectivity index (χ3n) is 1.92. The Kier molecular flexibility index (Phi) is 6.28. The highest BCUT2D eigenvalue weighted by Gasteiger charge is 2.27. The predicted molar refractivity (Wildman–Crippen MR) is 61.4 cm³/mol. The minimum atomic E-state index is -4.15. The minimum Gasteiger partial charge on any atom is -0.324 e.